The molecule has 0 saturated carbocycles. The predicted octanol–water partition coefficient (Wildman–Crippen LogP) is 1.53. The van der Waals surface area contributed by atoms with Crippen LogP contribution in [0.25, 0.3) is 0 Å². The largest absolute Gasteiger partial charge is 0.378 e. The van der Waals surface area contributed by atoms with Crippen LogP contribution in [0.3, 0.4) is 0 Å². The maximum Gasteiger partial charge on any atom is 0.320 e. The lowest BCUT2D eigenvalue weighted by Gasteiger charge is -2.37. The summed E-state index contributed by atoms with van der Waals surface area (Å²) in [5, 5.41) is 3.13. The first kappa shape index (κ1) is 19.4. The number of carbonyl (C=O) groups excluding carboxylic acids is 2. The average molecular weight is 375 g/mol. The van der Waals surface area contributed by atoms with Crippen LogP contribution in [-0.4, -0.2) is 83.7 Å². The van der Waals surface area contributed by atoms with Gasteiger partial charge in [0.05, 0.1) is 13.2 Å². The highest BCUT2D eigenvalue weighted by atomic mass is 16.5. The van der Waals surface area contributed by atoms with Crippen molar-refractivity contribution in [3.63, 3.8) is 0 Å². The van der Waals surface area contributed by atoms with Gasteiger partial charge in [-0.2, -0.15) is 0 Å². The first-order valence-corrected chi connectivity index (χ1v) is 9.73. The van der Waals surface area contributed by atoms with E-state index in [1.165, 1.54) is 0 Å². The summed E-state index contributed by atoms with van der Waals surface area (Å²) in [4.78, 5) is 34.7. The number of likely N-dealkylation sites (tertiary alicyclic amines) is 1. The van der Waals surface area contributed by atoms with Crippen molar-refractivity contribution in [2.24, 2.45) is 0 Å². The summed E-state index contributed by atoms with van der Waals surface area (Å²) in [6.45, 7) is 7.10. The number of morpholine rings is 1. The summed E-state index contributed by atoms with van der Waals surface area (Å²) in [6, 6.07) is 4.00. The molecule has 4 amide bonds. The number of nitrogens with one attached hydrogen (secondary N) is 1. The van der Waals surface area contributed by atoms with Gasteiger partial charge in [0, 0.05) is 57.7 Å². The fourth-order valence-corrected chi connectivity index (χ4v) is 3.47. The fourth-order valence-electron chi connectivity index (χ4n) is 3.47. The van der Waals surface area contributed by atoms with Crippen LogP contribution in [0.5, 0.6) is 0 Å². The van der Waals surface area contributed by atoms with Gasteiger partial charge in [-0.05, 0) is 37.5 Å². The number of hydrogen-bond donors (Lipinski definition) is 1. The van der Waals surface area contributed by atoms with E-state index in [9.17, 15) is 9.59 Å². The molecule has 1 aromatic rings. The van der Waals surface area contributed by atoms with Crippen molar-refractivity contribution in [2.45, 2.75) is 32.4 Å². The summed E-state index contributed by atoms with van der Waals surface area (Å²) < 4.78 is 5.31. The van der Waals surface area contributed by atoms with Gasteiger partial charge in [0.25, 0.3) is 0 Å². The molecule has 148 valence electrons. The summed E-state index contributed by atoms with van der Waals surface area (Å²) in [5.74, 6) is 0. The SMILES string of the molecule is CCN(Cc1ccncc1)C(=O)NC1CCN(C(=O)N2CCOCC2)CC1. The lowest BCUT2D eigenvalue weighted by atomic mass is 10.1. The monoisotopic (exact) mass is 375 g/mol. The van der Waals surface area contributed by atoms with Gasteiger partial charge >= 0.3 is 12.1 Å². The molecular formula is C19H29N5O3. The Bertz CT molecular complexity index is 613. The maximum absolute atomic E-state index is 12.6. The quantitative estimate of drug-likeness (QED) is 0.866. The van der Waals surface area contributed by atoms with E-state index in [0.717, 1.165) is 18.4 Å². The summed E-state index contributed by atoms with van der Waals surface area (Å²) in [7, 11) is 0. The molecule has 2 aliphatic heterocycles. The molecule has 0 atom stereocenters. The van der Waals surface area contributed by atoms with Crippen molar-refractivity contribution in [2.75, 3.05) is 45.9 Å². The number of hydrogen-bond acceptors (Lipinski definition) is 4. The van der Waals surface area contributed by atoms with Crippen molar-refractivity contribution >= 4 is 12.1 Å². The molecular weight excluding hydrogens is 346 g/mol. The van der Waals surface area contributed by atoms with E-state index in [4.69, 9.17) is 4.74 Å². The Labute approximate surface area is 160 Å². The van der Waals surface area contributed by atoms with Gasteiger partial charge in [-0.3, -0.25) is 4.98 Å². The number of ether oxygens (including phenoxy) is 1. The second kappa shape index (κ2) is 9.55. The van der Waals surface area contributed by atoms with E-state index in [0.29, 0.717) is 52.5 Å². The van der Waals surface area contributed by atoms with E-state index < -0.39 is 0 Å². The van der Waals surface area contributed by atoms with E-state index in [1.54, 1.807) is 17.3 Å². The highest BCUT2D eigenvalue weighted by molar-refractivity contribution is 5.75. The molecule has 8 heteroatoms. The molecule has 2 fully saturated rings. The number of piperidine rings is 1. The van der Waals surface area contributed by atoms with Gasteiger partial charge in [-0.15, -0.1) is 0 Å². The fraction of sp³-hybridized carbons (Fsp3) is 0.632. The van der Waals surface area contributed by atoms with Crippen LogP contribution in [0.15, 0.2) is 24.5 Å². The lowest BCUT2D eigenvalue weighted by molar-refractivity contribution is 0.0408. The van der Waals surface area contributed by atoms with Crippen LogP contribution in [0, 0.1) is 0 Å². The van der Waals surface area contributed by atoms with Gasteiger partial charge in [0.1, 0.15) is 0 Å². The van der Waals surface area contributed by atoms with Gasteiger partial charge in [0.2, 0.25) is 0 Å². The van der Waals surface area contributed by atoms with Gasteiger partial charge in [-0.25, -0.2) is 9.59 Å². The van der Waals surface area contributed by atoms with E-state index >= 15 is 0 Å². The Kier molecular flexibility index (Phi) is 6.86. The minimum Gasteiger partial charge on any atom is -0.378 e. The zero-order valence-electron chi connectivity index (χ0n) is 16.0. The maximum atomic E-state index is 12.6. The molecule has 0 unspecified atom stereocenters. The third-order valence-electron chi connectivity index (χ3n) is 5.17. The average Bonchev–Trinajstić information content (AvgIpc) is 2.73. The smallest absolute Gasteiger partial charge is 0.320 e. The third kappa shape index (κ3) is 5.32. The molecule has 1 N–H and O–H groups in total. The Morgan fingerprint density at radius 2 is 1.78 bits per heavy atom. The molecule has 0 aromatic carbocycles. The van der Waals surface area contributed by atoms with Crippen LogP contribution in [0.2, 0.25) is 0 Å². The Morgan fingerprint density at radius 3 is 2.41 bits per heavy atom. The molecule has 1 aromatic heterocycles. The number of carbonyl (C=O) groups is 2. The van der Waals surface area contributed by atoms with E-state index in [1.807, 2.05) is 28.9 Å². The predicted molar refractivity (Wildman–Crippen MR) is 101 cm³/mol. The standard InChI is InChI=1S/C19H29N5O3/c1-2-22(15-16-3-7-20-8-4-16)18(25)21-17-5-9-23(10-6-17)19(26)24-11-13-27-14-12-24/h3-4,7-8,17H,2,5-6,9-15H2,1H3,(H,21,25). The van der Waals surface area contributed by atoms with Crippen molar-refractivity contribution < 1.29 is 14.3 Å². The van der Waals surface area contributed by atoms with Crippen molar-refractivity contribution in [3.8, 4) is 0 Å². The van der Waals surface area contributed by atoms with E-state index in [2.05, 4.69) is 10.3 Å². The normalized spacial score (nSPS) is 18.3. The molecule has 0 bridgehead atoms. The summed E-state index contributed by atoms with van der Waals surface area (Å²) in [6.07, 6.45) is 5.05. The topological polar surface area (TPSA) is 78.0 Å². The van der Waals surface area contributed by atoms with Crippen LogP contribution >= 0.6 is 0 Å². The number of aromatic nitrogens is 1. The number of amides is 4. The summed E-state index contributed by atoms with van der Waals surface area (Å²) >= 11 is 0. The number of rotatable bonds is 4. The number of nitrogens with zero attached hydrogens (tertiary/aromatic N) is 4. The Morgan fingerprint density at radius 1 is 1.15 bits per heavy atom. The Hall–Kier alpha value is -2.35. The minimum absolute atomic E-state index is 0.0488. The van der Waals surface area contributed by atoms with Crippen LogP contribution in [0.1, 0.15) is 25.3 Å². The molecule has 0 spiro atoms. The zero-order chi connectivity index (χ0) is 19.1. The van der Waals surface area contributed by atoms with Crippen molar-refractivity contribution in [1.82, 2.24) is 25.0 Å². The second-order valence-electron chi connectivity index (χ2n) is 6.96. The Balaban J connectivity index is 1.45. The minimum atomic E-state index is -0.0488. The van der Waals surface area contributed by atoms with Gasteiger partial charge < -0.3 is 24.8 Å². The summed E-state index contributed by atoms with van der Waals surface area (Å²) in [5.41, 5.74) is 1.06. The zero-order valence-corrected chi connectivity index (χ0v) is 16.0. The third-order valence-corrected chi connectivity index (χ3v) is 5.17. The molecule has 3 rings (SSSR count). The van der Waals surface area contributed by atoms with E-state index in [-0.39, 0.29) is 18.1 Å². The van der Waals surface area contributed by atoms with Gasteiger partial charge in [-0.1, -0.05) is 0 Å². The van der Waals surface area contributed by atoms with Crippen LogP contribution in [0.4, 0.5) is 9.59 Å². The molecule has 3 heterocycles. The molecule has 2 saturated heterocycles. The van der Waals surface area contributed by atoms with Crippen molar-refractivity contribution in [1.29, 1.82) is 0 Å². The highest BCUT2D eigenvalue weighted by Gasteiger charge is 2.28. The van der Waals surface area contributed by atoms with Crippen LogP contribution in [-0.2, 0) is 11.3 Å². The molecule has 0 radical (unpaired) electrons. The molecule has 2 aliphatic rings. The molecule has 27 heavy (non-hydrogen) atoms. The van der Waals surface area contributed by atoms with Crippen LogP contribution < -0.4 is 5.32 Å². The number of pyridine rings is 1. The molecule has 8 nitrogen and oxygen atoms in total. The number of urea groups is 2. The van der Waals surface area contributed by atoms with Gasteiger partial charge in [0.15, 0.2) is 0 Å². The lowest BCUT2D eigenvalue weighted by Crippen LogP contribution is -2.54. The molecule has 0 aliphatic carbocycles. The first-order valence-electron chi connectivity index (χ1n) is 9.73. The van der Waals surface area contributed by atoms with Crippen molar-refractivity contribution in [3.05, 3.63) is 30.1 Å². The second-order valence-corrected chi connectivity index (χ2v) is 6.96. The highest BCUT2D eigenvalue weighted by Crippen LogP contribution is 2.14. The first-order chi connectivity index (χ1) is 13.2.